The van der Waals surface area contributed by atoms with Crippen molar-refractivity contribution in [2.75, 3.05) is 39.9 Å². The first-order chi connectivity index (χ1) is 14.2. The number of nitrogens with one attached hydrogen (secondary N) is 2. The van der Waals surface area contributed by atoms with E-state index < -0.39 is 0 Å². The molecule has 0 radical (unpaired) electrons. The van der Waals surface area contributed by atoms with Crippen molar-refractivity contribution < 1.29 is 9.26 Å². The summed E-state index contributed by atoms with van der Waals surface area (Å²) in [5.74, 6) is 2.06. The van der Waals surface area contributed by atoms with Gasteiger partial charge in [-0.25, -0.2) is 0 Å². The van der Waals surface area contributed by atoms with Gasteiger partial charge >= 0.3 is 0 Å². The Kier molecular flexibility index (Phi) is 8.52. The zero-order chi connectivity index (χ0) is 20.5. The largest absolute Gasteiger partial charge is 0.379 e. The van der Waals surface area contributed by atoms with Gasteiger partial charge in [-0.15, -0.1) is 11.3 Å². The molecule has 3 heterocycles. The molecule has 1 aliphatic heterocycles. The number of morpholine rings is 1. The Labute approximate surface area is 177 Å². The van der Waals surface area contributed by atoms with Crippen molar-refractivity contribution in [1.29, 1.82) is 0 Å². The van der Waals surface area contributed by atoms with Crippen LogP contribution in [0.5, 0.6) is 0 Å². The normalized spacial score (nSPS) is 16.9. The highest BCUT2D eigenvalue weighted by molar-refractivity contribution is 7.10. The van der Waals surface area contributed by atoms with E-state index >= 15 is 0 Å². The molecule has 1 unspecified atom stereocenters. The van der Waals surface area contributed by atoms with Crippen molar-refractivity contribution >= 4 is 17.3 Å². The molecule has 0 saturated carbocycles. The summed E-state index contributed by atoms with van der Waals surface area (Å²) in [5, 5.41) is 13.2. The number of rotatable bonds is 9. The molecule has 0 amide bonds. The Morgan fingerprint density at radius 2 is 2.07 bits per heavy atom. The average Bonchev–Trinajstić information content (AvgIpc) is 3.45. The highest BCUT2D eigenvalue weighted by atomic mass is 32.1. The molecule has 1 aliphatic rings. The maximum absolute atomic E-state index is 5.53. The molecule has 3 rings (SSSR count). The molecule has 0 bridgehead atoms. The van der Waals surface area contributed by atoms with Crippen molar-refractivity contribution in [2.45, 2.75) is 45.2 Å². The van der Waals surface area contributed by atoms with Gasteiger partial charge in [0.25, 0.3) is 0 Å². The maximum atomic E-state index is 5.53. The van der Waals surface area contributed by atoms with Gasteiger partial charge in [-0.2, -0.15) is 0 Å². The standard InChI is InChI=1S/C21H33N5O2S/c1-4-16(5-2)18-13-17(28-25-18)14-23-21(22-3)24-15-19(20-7-6-12-29-20)26-8-10-27-11-9-26/h6-7,12-13,16,19H,4-5,8-11,14-15H2,1-3H3,(H2,22,23,24). The fraction of sp³-hybridized carbons (Fsp3) is 0.619. The third-order valence-corrected chi connectivity index (χ3v) is 6.43. The third-order valence-electron chi connectivity index (χ3n) is 5.46. The summed E-state index contributed by atoms with van der Waals surface area (Å²) in [6.45, 7) is 9.21. The Bertz CT molecular complexity index is 736. The number of aromatic nitrogens is 1. The quantitative estimate of drug-likeness (QED) is 0.479. The molecular formula is C21H33N5O2S. The summed E-state index contributed by atoms with van der Waals surface area (Å²) < 4.78 is 11.0. The summed E-state index contributed by atoms with van der Waals surface area (Å²) in [4.78, 5) is 8.21. The topological polar surface area (TPSA) is 74.9 Å². The molecular weight excluding hydrogens is 386 g/mol. The number of nitrogens with zero attached hydrogens (tertiary/aromatic N) is 3. The zero-order valence-corrected chi connectivity index (χ0v) is 18.5. The van der Waals surface area contributed by atoms with Crippen LogP contribution in [0.3, 0.4) is 0 Å². The first kappa shape index (κ1) is 21.8. The second-order valence-corrected chi connectivity index (χ2v) is 8.20. The summed E-state index contributed by atoms with van der Waals surface area (Å²) in [6.07, 6.45) is 2.15. The van der Waals surface area contributed by atoms with Crippen LogP contribution in [0.1, 0.15) is 55.0 Å². The van der Waals surface area contributed by atoms with E-state index in [1.165, 1.54) is 4.88 Å². The van der Waals surface area contributed by atoms with Crippen LogP contribution in [0.2, 0.25) is 0 Å². The number of hydrogen-bond donors (Lipinski definition) is 2. The zero-order valence-electron chi connectivity index (χ0n) is 17.7. The van der Waals surface area contributed by atoms with Crippen molar-refractivity contribution in [3.8, 4) is 0 Å². The Morgan fingerprint density at radius 3 is 2.72 bits per heavy atom. The van der Waals surface area contributed by atoms with Crippen molar-refractivity contribution in [2.24, 2.45) is 4.99 Å². The number of hydrogen-bond acceptors (Lipinski definition) is 6. The van der Waals surface area contributed by atoms with Crippen LogP contribution >= 0.6 is 11.3 Å². The number of thiophene rings is 1. The highest BCUT2D eigenvalue weighted by Crippen LogP contribution is 2.25. The lowest BCUT2D eigenvalue weighted by Gasteiger charge is -2.34. The van der Waals surface area contributed by atoms with Crippen LogP contribution in [-0.4, -0.2) is 55.9 Å². The third kappa shape index (κ3) is 6.04. The fourth-order valence-corrected chi connectivity index (χ4v) is 4.54. The summed E-state index contributed by atoms with van der Waals surface area (Å²) in [6, 6.07) is 6.68. The number of aliphatic imine (C=N–C) groups is 1. The van der Waals surface area contributed by atoms with Crippen LogP contribution in [0.15, 0.2) is 33.1 Å². The lowest BCUT2D eigenvalue weighted by Crippen LogP contribution is -2.46. The SMILES string of the molecule is CCC(CC)c1cc(CNC(=NC)NCC(c2cccs2)N2CCOCC2)on1. The minimum Gasteiger partial charge on any atom is -0.379 e. The Morgan fingerprint density at radius 1 is 1.28 bits per heavy atom. The Balaban J connectivity index is 1.55. The fourth-order valence-electron chi connectivity index (χ4n) is 3.68. The lowest BCUT2D eigenvalue weighted by molar-refractivity contribution is 0.0177. The molecule has 0 aliphatic carbocycles. The van der Waals surface area contributed by atoms with Crippen molar-refractivity contribution in [3.05, 3.63) is 39.9 Å². The second kappa shape index (κ2) is 11.3. The summed E-state index contributed by atoms with van der Waals surface area (Å²) in [7, 11) is 1.79. The monoisotopic (exact) mass is 419 g/mol. The van der Waals surface area contributed by atoms with E-state index in [9.17, 15) is 0 Å². The van der Waals surface area contributed by atoms with E-state index in [0.29, 0.717) is 18.5 Å². The summed E-state index contributed by atoms with van der Waals surface area (Å²) in [5.41, 5.74) is 1.04. The predicted octanol–water partition coefficient (Wildman–Crippen LogP) is 3.38. The van der Waals surface area contributed by atoms with Crippen LogP contribution in [0, 0.1) is 0 Å². The molecule has 2 aromatic rings. The van der Waals surface area contributed by atoms with Gasteiger partial charge < -0.3 is 19.9 Å². The van der Waals surface area contributed by atoms with E-state index in [1.807, 2.05) is 0 Å². The van der Waals surface area contributed by atoms with E-state index in [4.69, 9.17) is 9.26 Å². The molecule has 160 valence electrons. The number of ether oxygens (including phenoxy) is 1. The van der Waals surface area contributed by atoms with E-state index in [-0.39, 0.29) is 0 Å². The summed E-state index contributed by atoms with van der Waals surface area (Å²) >= 11 is 1.80. The first-order valence-electron chi connectivity index (χ1n) is 10.5. The molecule has 2 N–H and O–H groups in total. The highest BCUT2D eigenvalue weighted by Gasteiger charge is 2.23. The molecule has 7 nitrogen and oxygen atoms in total. The first-order valence-corrected chi connectivity index (χ1v) is 11.4. The molecule has 1 fully saturated rings. The lowest BCUT2D eigenvalue weighted by atomic mass is 9.99. The molecule has 0 spiro atoms. The van der Waals surface area contributed by atoms with Gasteiger partial charge in [0.2, 0.25) is 0 Å². The predicted molar refractivity (Wildman–Crippen MR) is 117 cm³/mol. The van der Waals surface area contributed by atoms with Gasteiger partial charge in [-0.1, -0.05) is 25.1 Å². The van der Waals surface area contributed by atoms with Gasteiger partial charge in [-0.3, -0.25) is 9.89 Å². The maximum Gasteiger partial charge on any atom is 0.191 e. The molecule has 1 saturated heterocycles. The van der Waals surface area contributed by atoms with Crippen molar-refractivity contribution in [1.82, 2.24) is 20.7 Å². The Hall–Kier alpha value is -1.90. The van der Waals surface area contributed by atoms with Gasteiger partial charge in [0.15, 0.2) is 11.7 Å². The molecule has 1 atom stereocenters. The smallest absolute Gasteiger partial charge is 0.191 e. The van der Waals surface area contributed by atoms with E-state index in [0.717, 1.165) is 63.1 Å². The molecule has 8 heteroatoms. The van der Waals surface area contributed by atoms with Gasteiger partial charge in [0.05, 0.1) is 31.5 Å². The minimum atomic E-state index is 0.309. The molecule has 29 heavy (non-hydrogen) atoms. The average molecular weight is 420 g/mol. The second-order valence-electron chi connectivity index (χ2n) is 7.22. The van der Waals surface area contributed by atoms with Gasteiger partial charge in [0, 0.05) is 43.5 Å². The van der Waals surface area contributed by atoms with Crippen molar-refractivity contribution in [3.63, 3.8) is 0 Å². The van der Waals surface area contributed by atoms with Gasteiger partial charge in [-0.05, 0) is 24.3 Å². The number of guanidine groups is 1. The van der Waals surface area contributed by atoms with Crippen LogP contribution in [0.4, 0.5) is 0 Å². The van der Waals surface area contributed by atoms with Crippen LogP contribution < -0.4 is 10.6 Å². The molecule has 2 aromatic heterocycles. The van der Waals surface area contributed by atoms with E-state index in [2.05, 4.69) is 63.1 Å². The minimum absolute atomic E-state index is 0.309. The van der Waals surface area contributed by atoms with Crippen LogP contribution in [-0.2, 0) is 11.3 Å². The van der Waals surface area contributed by atoms with E-state index in [1.54, 1.807) is 18.4 Å². The van der Waals surface area contributed by atoms with Crippen LogP contribution in [0.25, 0.3) is 0 Å². The molecule has 0 aromatic carbocycles. The van der Waals surface area contributed by atoms with Gasteiger partial charge in [0.1, 0.15) is 0 Å².